The molecule has 1 aliphatic rings. The van der Waals surface area contributed by atoms with Gasteiger partial charge in [0.15, 0.2) is 0 Å². The maximum Gasteiger partial charge on any atom is 0.0593 e. The summed E-state index contributed by atoms with van der Waals surface area (Å²) in [6.45, 7) is 9.52. The van der Waals surface area contributed by atoms with Gasteiger partial charge in [0.2, 0.25) is 0 Å². The lowest BCUT2D eigenvalue weighted by molar-refractivity contribution is 0.0914. The summed E-state index contributed by atoms with van der Waals surface area (Å²) in [4.78, 5) is 2.48. The number of piperidine rings is 1. The zero-order chi connectivity index (χ0) is 12.1. The first-order chi connectivity index (χ1) is 7.93. The van der Waals surface area contributed by atoms with Crippen molar-refractivity contribution < 1.29 is 9.84 Å². The molecule has 0 bridgehead atoms. The van der Waals surface area contributed by atoms with Crippen molar-refractivity contribution in [3.63, 3.8) is 0 Å². The van der Waals surface area contributed by atoms with Gasteiger partial charge in [-0.1, -0.05) is 20.3 Å². The quantitative estimate of drug-likeness (QED) is 0.682. The summed E-state index contributed by atoms with van der Waals surface area (Å²) in [5, 5.41) is 8.56. The number of aliphatic hydroxyl groups is 1. The van der Waals surface area contributed by atoms with Gasteiger partial charge in [0.05, 0.1) is 6.61 Å². The van der Waals surface area contributed by atoms with Crippen LogP contribution in [0.5, 0.6) is 0 Å². The van der Waals surface area contributed by atoms with Gasteiger partial charge in [-0.2, -0.15) is 0 Å². The minimum absolute atomic E-state index is 0.287. The molecule has 1 rings (SSSR count). The number of rotatable bonds is 7. The highest BCUT2D eigenvalue weighted by atomic mass is 16.5. The Hall–Kier alpha value is -0.120. The molecular weight excluding hydrogens is 202 g/mol. The van der Waals surface area contributed by atoms with E-state index in [0.29, 0.717) is 0 Å². The van der Waals surface area contributed by atoms with Gasteiger partial charge in [0, 0.05) is 19.8 Å². The topological polar surface area (TPSA) is 32.7 Å². The first-order valence-electron chi connectivity index (χ1n) is 6.84. The summed E-state index contributed by atoms with van der Waals surface area (Å²) in [5.74, 6) is 0. The van der Waals surface area contributed by atoms with Gasteiger partial charge < -0.3 is 14.7 Å². The SMILES string of the molecule is CC.OCCCCOCCN1CCCCC1. The zero-order valence-corrected chi connectivity index (χ0v) is 11.1. The highest BCUT2D eigenvalue weighted by molar-refractivity contribution is 4.63. The second-order valence-corrected chi connectivity index (χ2v) is 3.95. The zero-order valence-electron chi connectivity index (χ0n) is 11.1. The molecule has 0 aromatic carbocycles. The monoisotopic (exact) mass is 231 g/mol. The van der Waals surface area contributed by atoms with Crippen LogP contribution in [0.3, 0.4) is 0 Å². The molecule has 98 valence electrons. The Morgan fingerprint density at radius 2 is 1.69 bits per heavy atom. The van der Waals surface area contributed by atoms with Crippen LogP contribution in [0.1, 0.15) is 46.0 Å². The van der Waals surface area contributed by atoms with Gasteiger partial charge in [-0.05, 0) is 38.8 Å². The number of ether oxygens (including phenoxy) is 1. The van der Waals surface area contributed by atoms with Crippen molar-refractivity contribution in [3.8, 4) is 0 Å². The van der Waals surface area contributed by atoms with E-state index in [1.165, 1.54) is 32.4 Å². The van der Waals surface area contributed by atoms with E-state index in [9.17, 15) is 0 Å². The molecule has 16 heavy (non-hydrogen) atoms. The minimum atomic E-state index is 0.287. The van der Waals surface area contributed by atoms with E-state index in [1.807, 2.05) is 13.8 Å². The third kappa shape index (κ3) is 9.13. The standard InChI is InChI=1S/C11H23NO2.C2H6/c13-9-4-5-10-14-11-8-12-6-2-1-3-7-12;1-2/h13H,1-11H2;1-2H3. The fourth-order valence-electron chi connectivity index (χ4n) is 1.79. The molecule has 0 atom stereocenters. The molecule has 0 unspecified atom stereocenters. The summed E-state index contributed by atoms with van der Waals surface area (Å²) in [6.07, 6.45) is 5.95. The Labute approximate surface area is 101 Å². The first kappa shape index (κ1) is 15.9. The van der Waals surface area contributed by atoms with Crippen LogP contribution in [0.25, 0.3) is 0 Å². The summed E-state index contributed by atoms with van der Waals surface area (Å²) in [6, 6.07) is 0. The number of unbranched alkanes of at least 4 members (excludes halogenated alkanes) is 1. The molecule has 1 saturated heterocycles. The fourth-order valence-corrected chi connectivity index (χ4v) is 1.79. The third-order valence-electron chi connectivity index (χ3n) is 2.70. The molecule has 3 nitrogen and oxygen atoms in total. The van der Waals surface area contributed by atoms with Crippen LogP contribution in [0, 0.1) is 0 Å². The summed E-state index contributed by atoms with van der Waals surface area (Å²) >= 11 is 0. The lowest BCUT2D eigenvalue weighted by Gasteiger charge is -2.26. The van der Waals surface area contributed by atoms with Crippen molar-refractivity contribution >= 4 is 0 Å². The average molecular weight is 231 g/mol. The molecule has 0 spiro atoms. The second kappa shape index (κ2) is 12.9. The van der Waals surface area contributed by atoms with Gasteiger partial charge in [-0.3, -0.25) is 0 Å². The van der Waals surface area contributed by atoms with E-state index < -0.39 is 0 Å². The number of hydrogen-bond donors (Lipinski definition) is 1. The van der Waals surface area contributed by atoms with Crippen molar-refractivity contribution in [3.05, 3.63) is 0 Å². The lowest BCUT2D eigenvalue weighted by atomic mass is 10.1. The highest BCUT2D eigenvalue weighted by Gasteiger charge is 2.08. The Kier molecular flexibility index (Phi) is 12.9. The smallest absolute Gasteiger partial charge is 0.0593 e. The molecule has 1 fully saturated rings. The van der Waals surface area contributed by atoms with Crippen LogP contribution >= 0.6 is 0 Å². The molecule has 0 saturated carbocycles. The Balaban J connectivity index is 0.00000106. The van der Waals surface area contributed by atoms with E-state index in [1.54, 1.807) is 0 Å². The van der Waals surface area contributed by atoms with Gasteiger partial charge in [-0.15, -0.1) is 0 Å². The lowest BCUT2D eigenvalue weighted by Crippen LogP contribution is -2.32. The molecule has 1 N–H and O–H groups in total. The van der Waals surface area contributed by atoms with Crippen molar-refractivity contribution in [1.82, 2.24) is 4.90 Å². The molecule has 0 amide bonds. The van der Waals surface area contributed by atoms with Gasteiger partial charge >= 0.3 is 0 Å². The molecular formula is C13H29NO2. The first-order valence-corrected chi connectivity index (χ1v) is 6.84. The Morgan fingerprint density at radius 1 is 1.00 bits per heavy atom. The van der Waals surface area contributed by atoms with Gasteiger partial charge in [-0.25, -0.2) is 0 Å². The second-order valence-electron chi connectivity index (χ2n) is 3.95. The van der Waals surface area contributed by atoms with Crippen LogP contribution in [0.4, 0.5) is 0 Å². The largest absolute Gasteiger partial charge is 0.396 e. The van der Waals surface area contributed by atoms with Crippen molar-refractivity contribution in [2.24, 2.45) is 0 Å². The Morgan fingerprint density at radius 3 is 2.31 bits per heavy atom. The van der Waals surface area contributed by atoms with Crippen molar-refractivity contribution in [2.75, 3.05) is 39.5 Å². The fraction of sp³-hybridized carbons (Fsp3) is 1.00. The molecule has 0 radical (unpaired) electrons. The van der Waals surface area contributed by atoms with Crippen molar-refractivity contribution in [2.45, 2.75) is 46.0 Å². The molecule has 0 aromatic heterocycles. The van der Waals surface area contributed by atoms with E-state index in [4.69, 9.17) is 9.84 Å². The minimum Gasteiger partial charge on any atom is -0.396 e. The van der Waals surface area contributed by atoms with Crippen LogP contribution in [0.2, 0.25) is 0 Å². The van der Waals surface area contributed by atoms with Gasteiger partial charge in [0.1, 0.15) is 0 Å². The molecule has 0 aromatic rings. The van der Waals surface area contributed by atoms with Crippen molar-refractivity contribution in [1.29, 1.82) is 0 Å². The number of hydrogen-bond acceptors (Lipinski definition) is 3. The average Bonchev–Trinajstić information content (AvgIpc) is 2.37. The van der Waals surface area contributed by atoms with Crippen LogP contribution < -0.4 is 0 Å². The van der Waals surface area contributed by atoms with E-state index in [2.05, 4.69) is 4.90 Å². The van der Waals surface area contributed by atoms with E-state index in [0.717, 1.165) is 32.6 Å². The van der Waals surface area contributed by atoms with Crippen LogP contribution in [-0.2, 0) is 4.74 Å². The molecule has 1 aliphatic heterocycles. The maximum atomic E-state index is 8.56. The Bertz CT molecular complexity index is 125. The third-order valence-corrected chi connectivity index (χ3v) is 2.70. The van der Waals surface area contributed by atoms with E-state index >= 15 is 0 Å². The van der Waals surface area contributed by atoms with E-state index in [-0.39, 0.29) is 6.61 Å². The summed E-state index contributed by atoms with van der Waals surface area (Å²) in [5.41, 5.74) is 0. The van der Waals surface area contributed by atoms with Gasteiger partial charge in [0.25, 0.3) is 0 Å². The number of aliphatic hydroxyl groups excluding tert-OH is 1. The predicted molar refractivity (Wildman–Crippen MR) is 68.8 cm³/mol. The maximum absolute atomic E-state index is 8.56. The number of nitrogens with zero attached hydrogens (tertiary/aromatic N) is 1. The molecule has 0 aliphatic carbocycles. The van der Waals surface area contributed by atoms with Crippen LogP contribution in [0.15, 0.2) is 0 Å². The normalized spacial score (nSPS) is 16.7. The molecule has 1 heterocycles. The van der Waals surface area contributed by atoms with Crippen LogP contribution in [-0.4, -0.2) is 49.5 Å². The molecule has 3 heteroatoms. The highest BCUT2D eigenvalue weighted by Crippen LogP contribution is 2.07. The number of likely N-dealkylation sites (tertiary alicyclic amines) is 1. The predicted octanol–water partition coefficient (Wildman–Crippen LogP) is 2.29. The summed E-state index contributed by atoms with van der Waals surface area (Å²) < 4.78 is 5.49. The summed E-state index contributed by atoms with van der Waals surface area (Å²) in [7, 11) is 0.